The predicted molar refractivity (Wildman–Crippen MR) is 85.6 cm³/mol. The number of hydrogen-bond donors (Lipinski definition) is 2. The zero-order valence-electron chi connectivity index (χ0n) is 13.1. The summed E-state index contributed by atoms with van der Waals surface area (Å²) in [5.74, 6) is 0. The Balaban J connectivity index is 2.11. The first-order valence-electron chi connectivity index (χ1n) is 7.69. The molecule has 118 valence electrons. The Morgan fingerprint density at radius 2 is 1.90 bits per heavy atom. The number of rotatable bonds is 8. The van der Waals surface area contributed by atoms with Gasteiger partial charge in [-0.15, -0.1) is 0 Å². The molecule has 0 spiro atoms. The van der Waals surface area contributed by atoms with E-state index in [1.807, 2.05) is 26.0 Å². The monoisotopic (exact) mass is 310 g/mol. The molecule has 0 heterocycles. The van der Waals surface area contributed by atoms with Gasteiger partial charge in [-0.3, -0.25) is 0 Å². The molecule has 5 heteroatoms. The molecular weight excluding hydrogens is 284 g/mol. The van der Waals surface area contributed by atoms with Crippen LogP contribution in [-0.4, -0.2) is 21.0 Å². The lowest BCUT2D eigenvalue weighted by Gasteiger charge is -2.16. The summed E-state index contributed by atoms with van der Waals surface area (Å²) in [5, 5.41) is 3.28. The molecule has 0 radical (unpaired) electrons. The van der Waals surface area contributed by atoms with E-state index in [0.717, 1.165) is 24.8 Å². The summed E-state index contributed by atoms with van der Waals surface area (Å²) < 4.78 is 27.9. The molecule has 1 fully saturated rings. The molecule has 1 aliphatic carbocycles. The lowest BCUT2D eigenvalue weighted by molar-refractivity contribution is 0.475. The van der Waals surface area contributed by atoms with E-state index < -0.39 is 10.0 Å². The van der Waals surface area contributed by atoms with Crippen molar-refractivity contribution in [2.24, 2.45) is 5.41 Å². The topological polar surface area (TPSA) is 58.2 Å². The third-order valence-electron chi connectivity index (χ3n) is 4.31. The van der Waals surface area contributed by atoms with Crippen molar-refractivity contribution in [1.82, 2.24) is 10.0 Å². The van der Waals surface area contributed by atoms with Gasteiger partial charge >= 0.3 is 0 Å². The van der Waals surface area contributed by atoms with E-state index in [0.29, 0.717) is 24.0 Å². The first kappa shape index (κ1) is 16.5. The smallest absolute Gasteiger partial charge is 0.240 e. The SMILES string of the molecule is CCC1(CNS(=O)(=O)c2ccccc2CNC(C)C)CC1. The third-order valence-corrected chi connectivity index (χ3v) is 5.81. The molecule has 1 aromatic rings. The molecular formula is C16H26N2O2S. The highest BCUT2D eigenvalue weighted by atomic mass is 32.2. The van der Waals surface area contributed by atoms with Gasteiger partial charge in [0.15, 0.2) is 0 Å². The molecule has 2 N–H and O–H groups in total. The molecule has 4 nitrogen and oxygen atoms in total. The number of hydrogen-bond acceptors (Lipinski definition) is 3. The standard InChI is InChI=1S/C16H26N2O2S/c1-4-16(9-10-16)12-18-21(19,20)15-8-6-5-7-14(15)11-17-13(2)3/h5-8,13,17-18H,4,9-12H2,1-3H3. The third kappa shape index (κ3) is 4.28. The zero-order chi connectivity index (χ0) is 15.5. The van der Waals surface area contributed by atoms with Gasteiger partial charge in [0.25, 0.3) is 0 Å². The molecule has 0 atom stereocenters. The van der Waals surface area contributed by atoms with E-state index in [1.165, 1.54) is 0 Å². The van der Waals surface area contributed by atoms with Crippen LogP contribution in [0, 0.1) is 5.41 Å². The van der Waals surface area contributed by atoms with Crippen molar-refractivity contribution < 1.29 is 8.42 Å². The average Bonchev–Trinajstić information content (AvgIpc) is 3.24. The number of nitrogens with one attached hydrogen (secondary N) is 2. The summed E-state index contributed by atoms with van der Waals surface area (Å²) in [6.45, 7) is 7.34. The maximum Gasteiger partial charge on any atom is 0.240 e. The molecule has 1 aliphatic rings. The van der Waals surface area contributed by atoms with Crippen LogP contribution in [0.3, 0.4) is 0 Å². The Morgan fingerprint density at radius 1 is 1.24 bits per heavy atom. The maximum atomic E-state index is 12.5. The lowest BCUT2D eigenvalue weighted by atomic mass is 10.1. The van der Waals surface area contributed by atoms with Gasteiger partial charge in [-0.05, 0) is 36.3 Å². The Hall–Kier alpha value is -0.910. The van der Waals surface area contributed by atoms with Crippen LogP contribution < -0.4 is 10.0 Å². The molecule has 0 amide bonds. The Bertz CT molecular complexity index is 578. The van der Waals surface area contributed by atoms with Crippen molar-refractivity contribution in [1.29, 1.82) is 0 Å². The van der Waals surface area contributed by atoms with Crippen molar-refractivity contribution in [2.45, 2.75) is 57.5 Å². The summed E-state index contributed by atoms with van der Waals surface area (Å²) in [7, 11) is -3.43. The van der Waals surface area contributed by atoms with Crippen LogP contribution in [0.4, 0.5) is 0 Å². The second-order valence-corrected chi connectivity index (χ2v) is 8.06. The average molecular weight is 310 g/mol. The molecule has 1 saturated carbocycles. The van der Waals surface area contributed by atoms with Gasteiger partial charge in [-0.2, -0.15) is 0 Å². The van der Waals surface area contributed by atoms with Crippen LogP contribution in [0.2, 0.25) is 0 Å². The minimum Gasteiger partial charge on any atom is -0.310 e. The molecule has 21 heavy (non-hydrogen) atoms. The Kier molecular flexibility index (Phi) is 5.07. The summed E-state index contributed by atoms with van der Waals surface area (Å²) in [4.78, 5) is 0.394. The molecule has 0 aromatic heterocycles. The van der Waals surface area contributed by atoms with Crippen molar-refractivity contribution >= 4 is 10.0 Å². The summed E-state index contributed by atoms with van der Waals surface area (Å²) in [6.07, 6.45) is 3.29. The van der Waals surface area contributed by atoms with Crippen LogP contribution in [0.1, 0.15) is 45.6 Å². The van der Waals surface area contributed by atoms with Gasteiger partial charge in [0.2, 0.25) is 10.0 Å². The minimum absolute atomic E-state index is 0.207. The Morgan fingerprint density at radius 3 is 2.48 bits per heavy atom. The van der Waals surface area contributed by atoms with Gasteiger partial charge in [0, 0.05) is 19.1 Å². The molecule has 1 aromatic carbocycles. The van der Waals surface area contributed by atoms with Crippen LogP contribution in [0.25, 0.3) is 0 Å². The molecule has 0 unspecified atom stereocenters. The summed E-state index contributed by atoms with van der Waals surface area (Å²) >= 11 is 0. The highest BCUT2D eigenvalue weighted by Gasteiger charge is 2.41. The molecule has 2 rings (SSSR count). The minimum atomic E-state index is -3.43. The van der Waals surface area contributed by atoms with Crippen LogP contribution >= 0.6 is 0 Å². The van der Waals surface area contributed by atoms with Gasteiger partial charge in [-0.25, -0.2) is 13.1 Å². The highest BCUT2D eigenvalue weighted by molar-refractivity contribution is 7.89. The quantitative estimate of drug-likeness (QED) is 0.776. The van der Waals surface area contributed by atoms with E-state index in [-0.39, 0.29) is 5.41 Å². The van der Waals surface area contributed by atoms with Crippen molar-refractivity contribution in [2.75, 3.05) is 6.54 Å². The first-order chi connectivity index (χ1) is 9.88. The van der Waals surface area contributed by atoms with Crippen LogP contribution in [-0.2, 0) is 16.6 Å². The normalized spacial score (nSPS) is 17.1. The van der Waals surface area contributed by atoms with E-state index >= 15 is 0 Å². The first-order valence-corrected chi connectivity index (χ1v) is 9.18. The molecule has 0 bridgehead atoms. The fraction of sp³-hybridized carbons (Fsp3) is 0.625. The van der Waals surface area contributed by atoms with E-state index in [4.69, 9.17) is 0 Å². The van der Waals surface area contributed by atoms with Crippen molar-refractivity contribution in [3.63, 3.8) is 0 Å². The van der Waals surface area contributed by atoms with Gasteiger partial charge in [0.05, 0.1) is 4.90 Å². The van der Waals surface area contributed by atoms with E-state index in [9.17, 15) is 8.42 Å². The predicted octanol–water partition coefficient (Wildman–Crippen LogP) is 2.65. The van der Waals surface area contributed by atoms with E-state index in [1.54, 1.807) is 12.1 Å². The largest absolute Gasteiger partial charge is 0.310 e. The summed E-state index contributed by atoms with van der Waals surface area (Å²) in [5.41, 5.74) is 1.03. The van der Waals surface area contributed by atoms with Crippen molar-refractivity contribution in [3.8, 4) is 0 Å². The maximum absolute atomic E-state index is 12.5. The van der Waals surface area contributed by atoms with Crippen molar-refractivity contribution in [3.05, 3.63) is 29.8 Å². The molecule has 0 aliphatic heterocycles. The zero-order valence-corrected chi connectivity index (χ0v) is 14.0. The van der Waals surface area contributed by atoms with Gasteiger partial charge < -0.3 is 5.32 Å². The van der Waals surface area contributed by atoms with Crippen LogP contribution in [0.15, 0.2) is 29.2 Å². The fourth-order valence-electron chi connectivity index (χ4n) is 2.38. The molecule has 0 saturated heterocycles. The fourth-order valence-corrected chi connectivity index (χ4v) is 3.78. The van der Waals surface area contributed by atoms with Crippen LogP contribution in [0.5, 0.6) is 0 Å². The number of sulfonamides is 1. The van der Waals surface area contributed by atoms with Gasteiger partial charge in [-0.1, -0.05) is 39.0 Å². The second-order valence-electron chi connectivity index (χ2n) is 6.32. The van der Waals surface area contributed by atoms with E-state index in [2.05, 4.69) is 17.0 Å². The second kappa shape index (κ2) is 6.46. The van der Waals surface area contributed by atoms with Gasteiger partial charge in [0.1, 0.15) is 0 Å². The lowest BCUT2D eigenvalue weighted by Crippen LogP contribution is -2.31. The Labute approximate surface area is 128 Å². The number of benzene rings is 1. The highest BCUT2D eigenvalue weighted by Crippen LogP contribution is 2.48. The summed E-state index contributed by atoms with van der Waals surface area (Å²) in [6, 6.07) is 7.54.